The van der Waals surface area contributed by atoms with Crippen LogP contribution in [0.25, 0.3) is 0 Å². The topological polar surface area (TPSA) is 81.7 Å². The van der Waals surface area contributed by atoms with Crippen LogP contribution in [0, 0.1) is 0 Å². The summed E-state index contributed by atoms with van der Waals surface area (Å²) in [4.78, 5) is 11.6. The van der Waals surface area contributed by atoms with Crippen molar-refractivity contribution in [3.63, 3.8) is 0 Å². The van der Waals surface area contributed by atoms with Crippen molar-refractivity contribution < 1.29 is 31.5 Å². The Balaban J connectivity index is 1.76. The molecule has 0 bridgehead atoms. The fourth-order valence-corrected chi connectivity index (χ4v) is 2.80. The van der Waals surface area contributed by atoms with Crippen LogP contribution in [0.4, 0.5) is 14.5 Å². The molecule has 0 spiro atoms. The first-order valence-corrected chi connectivity index (χ1v) is 8.26. The molecule has 1 aliphatic heterocycles. The quantitative estimate of drug-likeness (QED) is 0.912. The number of rotatable bonds is 4. The lowest BCUT2D eigenvalue weighted by Gasteiger charge is -2.07. The fraction of sp³-hybridized carbons (Fsp3) is 0.133. The second kappa shape index (κ2) is 6.08. The minimum atomic E-state index is -4.68. The van der Waals surface area contributed by atoms with Crippen LogP contribution >= 0.6 is 0 Å². The molecule has 0 saturated heterocycles. The number of alkyl halides is 2. The van der Waals surface area contributed by atoms with Gasteiger partial charge in [-0.25, -0.2) is 8.42 Å². The van der Waals surface area contributed by atoms with Gasteiger partial charge in [-0.1, -0.05) is 0 Å². The van der Waals surface area contributed by atoms with E-state index in [0.29, 0.717) is 17.2 Å². The second-order valence-corrected chi connectivity index (χ2v) is 6.77. The van der Waals surface area contributed by atoms with Crippen molar-refractivity contribution in [1.82, 2.24) is 0 Å². The van der Waals surface area contributed by atoms with Crippen LogP contribution in [0.3, 0.4) is 0 Å². The Hall–Kier alpha value is -2.68. The lowest BCUT2D eigenvalue weighted by atomic mass is 10.2. The Morgan fingerprint density at radius 3 is 2.38 bits per heavy atom. The Morgan fingerprint density at radius 2 is 1.71 bits per heavy atom. The van der Waals surface area contributed by atoms with Crippen molar-refractivity contribution in [3.8, 4) is 11.5 Å². The lowest BCUT2D eigenvalue weighted by Crippen LogP contribution is -2.14. The Kier molecular flexibility index (Phi) is 4.10. The van der Waals surface area contributed by atoms with Gasteiger partial charge in [0, 0.05) is 17.3 Å². The summed E-state index contributed by atoms with van der Waals surface area (Å²) in [5.41, 5.74) is 0.578. The minimum absolute atomic E-state index is 0.104. The summed E-state index contributed by atoms with van der Waals surface area (Å²) >= 11 is 0. The molecule has 0 aliphatic carbocycles. The van der Waals surface area contributed by atoms with E-state index in [9.17, 15) is 22.0 Å². The van der Waals surface area contributed by atoms with Crippen molar-refractivity contribution in [1.29, 1.82) is 0 Å². The highest BCUT2D eigenvalue weighted by molar-refractivity contribution is 7.91. The number of anilines is 1. The largest absolute Gasteiger partial charge is 0.454 e. The highest BCUT2D eigenvalue weighted by atomic mass is 32.2. The molecule has 1 amide bonds. The predicted molar refractivity (Wildman–Crippen MR) is 80.2 cm³/mol. The summed E-state index contributed by atoms with van der Waals surface area (Å²) in [6.07, 6.45) is 0. The number of sulfone groups is 1. The molecule has 0 radical (unpaired) electrons. The molecule has 2 aromatic carbocycles. The van der Waals surface area contributed by atoms with Gasteiger partial charge < -0.3 is 14.8 Å². The third kappa shape index (κ3) is 3.02. The molecule has 0 atom stereocenters. The van der Waals surface area contributed by atoms with Gasteiger partial charge in [0.1, 0.15) is 0 Å². The zero-order valence-electron chi connectivity index (χ0n) is 12.0. The summed E-state index contributed by atoms with van der Waals surface area (Å²) in [5.74, 6) is -2.97. The smallest absolute Gasteiger partial charge is 0.341 e. The van der Waals surface area contributed by atoms with Gasteiger partial charge >= 0.3 is 5.76 Å². The van der Waals surface area contributed by atoms with Gasteiger partial charge in [0.05, 0.1) is 4.90 Å². The Labute approximate surface area is 135 Å². The SMILES string of the molecule is O=C(Nc1ccc2c(c1)OCO2)c1ccc(S(=O)(=O)C(F)F)cc1. The van der Waals surface area contributed by atoms with Crippen LogP contribution in [-0.4, -0.2) is 26.9 Å². The predicted octanol–water partition coefficient (Wildman–Crippen LogP) is 2.66. The number of carbonyl (C=O) groups is 1. The second-order valence-electron chi connectivity index (χ2n) is 4.85. The zero-order valence-corrected chi connectivity index (χ0v) is 12.8. The monoisotopic (exact) mass is 355 g/mol. The lowest BCUT2D eigenvalue weighted by molar-refractivity contribution is 0.102. The van der Waals surface area contributed by atoms with Gasteiger partial charge in [-0.05, 0) is 36.4 Å². The number of halogens is 2. The maximum Gasteiger partial charge on any atom is 0.341 e. The highest BCUT2D eigenvalue weighted by Gasteiger charge is 2.26. The van der Waals surface area contributed by atoms with E-state index in [1.54, 1.807) is 18.2 Å². The number of amides is 1. The van der Waals surface area contributed by atoms with Crippen LogP contribution in [0.2, 0.25) is 0 Å². The molecule has 0 saturated carbocycles. The standard InChI is InChI=1S/C15H11F2NO5S/c16-15(17)24(20,21)11-4-1-9(2-5-11)14(19)18-10-3-6-12-13(7-10)23-8-22-12/h1-7,15H,8H2,(H,18,19). The molecule has 1 N–H and O–H groups in total. The maximum atomic E-state index is 12.5. The summed E-state index contributed by atoms with van der Waals surface area (Å²) < 4.78 is 57.9. The normalized spacial score (nSPS) is 13.1. The van der Waals surface area contributed by atoms with Gasteiger partial charge in [0.25, 0.3) is 5.91 Å². The van der Waals surface area contributed by atoms with Gasteiger partial charge in [-0.15, -0.1) is 0 Å². The van der Waals surface area contributed by atoms with Gasteiger partial charge in [0.2, 0.25) is 16.6 Å². The summed E-state index contributed by atoms with van der Waals surface area (Å²) in [7, 11) is -4.68. The van der Waals surface area contributed by atoms with E-state index in [2.05, 4.69) is 5.32 Å². The van der Waals surface area contributed by atoms with Crippen LogP contribution < -0.4 is 14.8 Å². The number of carbonyl (C=O) groups excluding carboxylic acids is 1. The van der Waals surface area contributed by atoms with Crippen LogP contribution in [-0.2, 0) is 9.84 Å². The Morgan fingerprint density at radius 1 is 1.04 bits per heavy atom. The molecular formula is C15H11F2NO5S. The fourth-order valence-electron chi connectivity index (χ4n) is 2.08. The number of nitrogens with one attached hydrogen (secondary N) is 1. The first kappa shape index (κ1) is 16.2. The molecule has 0 aromatic heterocycles. The van der Waals surface area contributed by atoms with Crippen LogP contribution in [0.5, 0.6) is 11.5 Å². The zero-order chi connectivity index (χ0) is 17.3. The molecule has 0 unspecified atom stereocenters. The molecule has 24 heavy (non-hydrogen) atoms. The maximum absolute atomic E-state index is 12.5. The van der Waals surface area contributed by atoms with Crippen molar-refractivity contribution in [3.05, 3.63) is 48.0 Å². The molecule has 0 fully saturated rings. The van der Waals surface area contributed by atoms with E-state index >= 15 is 0 Å². The van der Waals surface area contributed by atoms with Gasteiger partial charge in [-0.2, -0.15) is 8.78 Å². The minimum Gasteiger partial charge on any atom is -0.454 e. The number of fused-ring (bicyclic) bond motifs is 1. The van der Waals surface area contributed by atoms with E-state index in [1.165, 1.54) is 0 Å². The summed E-state index contributed by atoms with van der Waals surface area (Å²) in [6, 6.07) is 9.09. The number of hydrogen-bond acceptors (Lipinski definition) is 5. The number of hydrogen-bond donors (Lipinski definition) is 1. The summed E-state index contributed by atoms with van der Waals surface area (Å²) in [5, 5.41) is 2.60. The molecule has 6 nitrogen and oxygen atoms in total. The van der Waals surface area contributed by atoms with Crippen LogP contribution in [0.15, 0.2) is 47.4 Å². The van der Waals surface area contributed by atoms with E-state index in [0.717, 1.165) is 24.3 Å². The van der Waals surface area contributed by atoms with Crippen molar-refractivity contribution in [2.75, 3.05) is 12.1 Å². The van der Waals surface area contributed by atoms with Gasteiger partial charge in [0.15, 0.2) is 11.5 Å². The van der Waals surface area contributed by atoms with E-state index in [-0.39, 0.29) is 12.4 Å². The van der Waals surface area contributed by atoms with Crippen molar-refractivity contribution >= 4 is 21.4 Å². The van der Waals surface area contributed by atoms with Crippen LogP contribution in [0.1, 0.15) is 10.4 Å². The molecule has 3 rings (SSSR count). The number of benzene rings is 2. The van der Waals surface area contributed by atoms with E-state index in [1.807, 2.05) is 0 Å². The van der Waals surface area contributed by atoms with Crippen molar-refractivity contribution in [2.45, 2.75) is 10.7 Å². The molecule has 1 heterocycles. The Bertz CT molecular complexity index is 881. The average Bonchev–Trinajstić information content (AvgIpc) is 3.02. The van der Waals surface area contributed by atoms with Gasteiger partial charge in [-0.3, -0.25) is 4.79 Å². The third-order valence-electron chi connectivity index (χ3n) is 3.31. The molecule has 2 aromatic rings. The molecular weight excluding hydrogens is 344 g/mol. The molecule has 1 aliphatic rings. The van der Waals surface area contributed by atoms with Crippen molar-refractivity contribution in [2.24, 2.45) is 0 Å². The summed E-state index contributed by atoms with van der Waals surface area (Å²) in [6.45, 7) is 0.104. The average molecular weight is 355 g/mol. The molecule has 126 valence electrons. The first-order valence-electron chi connectivity index (χ1n) is 6.71. The molecule has 9 heteroatoms. The van der Waals surface area contributed by atoms with E-state index in [4.69, 9.17) is 9.47 Å². The number of ether oxygens (including phenoxy) is 2. The third-order valence-corrected chi connectivity index (χ3v) is 4.71. The highest BCUT2D eigenvalue weighted by Crippen LogP contribution is 2.34. The first-order chi connectivity index (χ1) is 11.4. The van der Waals surface area contributed by atoms with E-state index < -0.39 is 26.4 Å².